The minimum absolute atomic E-state index is 0.307. The molecule has 1 aromatic heterocycles. The maximum Gasteiger partial charge on any atom is 0.227 e. The predicted octanol–water partition coefficient (Wildman–Crippen LogP) is -0.0906. The first-order valence-electron chi connectivity index (χ1n) is 8.39. The lowest BCUT2D eigenvalue weighted by molar-refractivity contribution is 0.154. The summed E-state index contributed by atoms with van der Waals surface area (Å²) in [5, 5.41) is 9.84. The molecule has 2 saturated heterocycles. The molecule has 2 fully saturated rings. The maximum atomic E-state index is 11.7. The van der Waals surface area contributed by atoms with Gasteiger partial charge in [-0.1, -0.05) is 0 Å². The summed E-state index contributed by atoms with van der Waals surface area (Å²) in [5.41, 5.74) is 0. The van der Waals surface area contributed by atoms with Crippen molar-refractivity contribution in [2.24, 2.45) is 0 Å². The van der Waals surface area contributed by atoms with Gasteiger partial charge in [-0.05, 0) is 25.3 Å². The number of rotatable bonds is 3. The molecule has 1 atom stereocenters. The van der Waals surface area contributed by atoms with Crippen LogP contribution in [0.5, 0.6) is 0 Å². The van der Waals surface area contributed by atoms with Gasteiger partial charge >= 0.3 is 0 Å². The molecule has 0 unspecified atom stereocenters. The monoisotopic (exact) mass is 355 g/mol. The number of nitrogens with zero attached hydrogens (tertiary/aromatic N) is 5. The zero-order valence-corrected chi connectivity index (χ0v) is 14.8. The van der Waals surface area contributed by atoms with Crippen LogP contribution in [0.2, 0.25) is 0 Å². The van der Waals surface area contributed by atoms with Crippen molar-refractivity contribution in [2.75, 3.05) is 55.3 Å². The highest BCUT2D eigenvalue weighted by molar-refractivity contribution is 7.88. The highest BCUT2D eigenvalue weighted by Crippen LogP contribution is 2.20. The quantitative estimate of drug-likeness (QED) is 0.810. The van der Waals surface area contributed by atoms with Crippen molar-refractivity contribution in [1.29, 1.82) is 0 Å². The van der Waals surface area contributed by atoms with E-state index in [1.54, 1.807) is 6.20 Å². The first-order valence-corrected chi connectivity index (χ1v) is 10.2. The van der Waals surface area contributed by atoms with Crippen molar-refractivity contribution >= 4 is 21.8 Å². The topological polar surface area (TPSA) is 89.9 Å². The van der Waals surface area contributed by atoms with Crippen molar-refractivity contribution < 1.29 is 13.5 Å². The summed E-state index contributed by atoms with van der Waals surface area (Å²) >= 11 is 0. The number of aliphatic hydroxyl groups is 1. The summed E-state index contributed by atoms with van der Waals surface area (Å²) in [5.74, 6) is 1.45. The van der Waals surface area contributed by atoms with E-state index in [1.165, 1.54) is 10.6 Å². The van der Waals surface area contributed by atoms with E-state index >= 15 is 0 Å². The summed E-state index contributed by atoms with van der Waals surface area (Å²) in [7, 11) is -3.16. The summed E-state index contributed by atoms with van der Waals surface area (Å²) < 4.78 is 25.0. The third-order valence-corrected chi connectivity index (χ3v) is 5.86. The van der Waals surface area contributed by atoms with Crippen molar-refractivity contribution in [2.45, 2.75) is 25.4 Å². The van der Waals surface area contributed by atoms with E-state index in [1.807, 2.05) is 11.0 Å². The van der Waals surface area contributed by atoms with Crippen LogP contribution in [0, 0.1) is 0 Å². The number of hydrogen-bond donors (Lipinski definition) is 1. The average Bonchev–Trinajstić information content (AvgIpc) is 2.81. The normalized spacial score (nSPS) is 24.0. The summed E-state index contributed by atoms with van der Waals surface area (Å²) in [6, 6.07) is 1.86. The zero-order chi connectivity index (χ0) is 17.2. The number of β-amino-alcohol motifs (C(OH)–C–C–N with tert-alkyl or cyclic N) is 1. The van der Waals surface area contributed by atoms with Crippen LogP contribution in [0.25, 0.3) is 0 Å². The SMILES string of the molecule is CS(=O)(=O)N1CCCN(c2nccc(N3CCC[C@H](O)C3)n2)CC1. The van der Waals surface area contributed by atoms with Gasteiger partial charge in [0.25, 0.3) is 0 Å². The summed E-state index contributed by atoms with van der Waals surface area (Å²) in [6.45, 7) is 3.78. The summed E-state index contributed by atoms with van der Waals surface area (Å²) in [4.78, 5) is 13.1. The van der Waals surface area contributed by atoms with Gasteiger partial charge in [-0.15, -0.1) is 0 Å². The molecule has 3 heterocycles. The van der Waals surface area contributed by atoms with Crippen LogP contribution >= 0.6 is 0 Å². The Morgan fingerprint density at radius 2 is 1.92 bits per heavy atom. The Bertz CT molecular complexity index is 669. The van der Waals surface area contributed by atoms with Gasteiger partial charge in [0.05, 0.1) is 12.4 Å². The minimum Gasteiger partial charge on any atom is -0.391 e. The lowest BCUT2D eigenvalue weighted by atomic mass is 10.1. The van der Waals surface area contributed by atoms with E-state index in [0.717, 1.165) is 38.2 Å². The number of hydrogen-bond acceptors (Lipinski definition) is 7. The molecule has 2 aliphatic heterocycles. The van der Waals surface area contributed by atoms with Gasteiger partial charge in [0, 0.05) is 45.5 Å². The number of sulfonamides is 1. The van der Waals surface area contributed by atoms with Gasteiger partial charge in [-0.2, -0.15) is 4.98 Å². The van der Waals surface area contributed by atoms with Crippen molar-refractivity contribution in [1.82, 2.24) is 14.3 Å². The predicted molar refractivity (Wildman–Crippen MR) is 92.7 cm³/mol. The third kappa shape index (κ3) is 4.14. The molecular formula is C15H25N5O3S. The van der Waals surface area contributed by atoms with Crippen LogP contribution in [0.15, 0.2) is 12.3 Å². The Morgan fingerprint density at radius 3 is 2.67 bits per heavy atom. The highest BCUT2D eigenvalue weighted by Gasteiger charge is 2.24. The fraction of sp³-hybridized carbons (Fsp3) is 0.733. The van der Waals surface area contributed by atoms with E-state index in [9.17, 15) is 13.5 Å². The third-order valence-electron chi connectivity index (χ3n) is 4.56. The molecule has 134 valence electrons. The second kappa shape index (κ2) is 7.20. The van der Waals surface area contributed by atoms with E-state index < -0.39 is 10.0 Å². The van der Waals surface area contributed by atoms with Crippen LogP contribution in [-0.2, 0) is 10.0 Å². The highest BCUT2D eigenvalue weighted by atomic mass is 32.2. The largest absolute Gasteiger partial charge is 0.391 e. The molecule has 0 spiro atoms. The Hall–Kier alpha value is -1.45. The molecule has 1 aromatic rings. The Balaban J connectivity index is 1.72. The van der Waals surface area contributed by atoms with E-state index in [0.29, 0.717) is 32.1 Å². The van der Waals surface area contributed by atoms with Crippen LogP contribution < -0.4 is 9.80 Å². The Morgan fingerprint density at radius 1 is 1.12 bits per heavy atom. The van der Waals surface area contributed by atoms with Crippen LogP contribution in [0.1, 0.15) is 19.3 Å². The van der Waals surface area contributed by atoms with Crippen molar-refractivity contribution in [3.63, 3.8) is 0 Å². The minimum atomic E-state index is -3.16. The number of piperidine rings is 1. The molecule has 2 aliphatic rings. The number of aromatic nitrogens is 2. The molecule has 3 rings (SSSR count). The molecule has 0 radical (unpaired) electrons. The molecule has 8 nitrogen and oxygen atoms in total. The molecule has 1 N–H and O–H groups in total. The van der Waals surface area contributed by atoms with Crippen LogP contribution in [-0.4, -0.2) is 79.4 Å². The first-order chi connectivity index (χ1) is 11.4. The fourth-order valence-electron chi connectivity index (χ4n) is 3.26. The summed E-state index contributed by atoms with van der Waals surface area (Å²) in [6.07, 6.45) is 5.22. The fourth-order valence-corrected chi connectivity index (χ4v) is 4.13. The van der Waals surface area contributed by atoms with Crippen LogP contribution in [0.3, 0.4) is 0 Å². The Labute approximate surface area is 143 Å². The molecule has 24 heavy (non-hydrogen) atoms. The van der Waals surface area contributed by atoms with Crippen molar-refractivity contribution in [3.05, 3.63) is 12.3 Å². The average molecular weight is 355 g/mol. The van der Waals surface area contributed by atoms with Crippen molar-refractivity contribution in [3.8, 4) is 0 Å². The molecule has 0 aliphatic carbocycles. The standard InChI is InChI=1S/C15H25N5O3S/c1-24(22,23)20-9-3-8-18(10-11-20)15-16-6-5-14(17-15)19-7-2-4-13(21)12-19/h5-6,13,21H,2-4,7-12H2,1H3/t13-/m0/s1. The lowest BCUT2D eigenvalue weighted by Crippen LogP contribution is -2.39. The smallest absolute Gasteiger partial charge is 0.227 e. The molecule has 0 saturated carbocycles. The maximum absolute atomic E-state index is 11.7. The van der Waals surface area contributed by atoms with Gasteiger partial charge in [-0.3, -0.25) is 0 Å². The van der Waals surface area contributed by atoms with Gasteiger partial charge in [-0.25, -0.2) is 17.7 Å². The Kier molecular flexibility index (Phi) is 5.21. The molecule has 0 aromatic carbocycles. The molecule has 0 bridgehead atoms. The number of aliphatic hydroxyl groups excluding tert-OH is 1. The first kappa shape index (κ1) is 17.4. The molecule has 0 amide bonds. The molecule has 9 heteroatoms. The number of anilines is 2. The van der Waals surface area contributed by atoms with Gasteiger partial charge < -0.3 is 14.9 Å². The van der Waals surface area contributed by atoms with Gasteiger partial charge in [0.15, 0.2) is 0 Å². The second-order valence-electron chi connectivity index (χ2n) is 6.46. The second-order valence-corrected chi connectivity index (χ2v) is 8.44. The molecular weight excluding hydrogens is 330 g/mol. The van der Waals surface area contributed by atoms with E-state index in [4.69, 9.17) is 0 Å². The van der Waals surface area contributed by atoms with Gasteiger partial charge in [0.2, 0.25) is 16.0 Å². The van der Waals surface area contributed by atoms with Crippen LogP contribution in [0.4, 0.5) is 11.8 Å². The van der Waals surface area contributed by atoms with E-state index in [2.05, 4.69) is 14.9 Å². The lowest BCUT2D eigenvalue weighted by Gasteiger charge is -2.31. The van der Waals surface area contributed by atoms with E-state index in [-0.39, 0.29) is 6.10 Å². The zero-order valence-electron chi connectivity index (χ0n) is 14.0. The van der Waals surface area contributed by atoms with Gasteiger partial charge in [0.1, 0.15) is 5.82 Å².